The van der Waals surface area contributed by atoms with Crippen LogP contribution in [0.15, 0.2) is 110 Å². The van der Waals surface area contributed by atoms with Crippen molar-refractivity contribution in [1.82, 2.24) is 24.8 Å². The molecular formula is C39H43N7O3. The van der Waals surface area contributed by atoms with E-state index in [0.717, 1.165) is 66.2 Å². The molecule has 0 radical (unpaired) electrons. The van der Waals surface area contributed by atoms with Gasteiger partial charge in [-0.3, -0.25) is 24.4 Å². The van der Waals surface area contributed by atoms with Gasteiger partial charge in [-0.25, -0.2) is 9.97 Å². The summed E-state index contributed by atoms with van der Waals surface area (Å²) in [6, 6.07) is 28.7. The minimum Gasteiger partial charge on any atom is -0.449 e. The summed E-state index contributed by atoms with van der Waals surface area (Å²) < 4.78 is 5.47. The average Bonchev–Trinajstić information content (AvgIpc) is 3.12. The molecule has 0 spiro atoms. The van der Waals surface area contributed by atoms with Gasteiger partial charge in [0.25, 0.3) is 5.91 Å². The number of hydrogen-bond acceptors (Lipinski definition) is 9. The number of nitrogens with one attached hydrogen (secondary N) is 2. The fraction of sp³-hybridized carbons (Fsp3) is 0.256. The average molecular weight is 658 g/mol. The summed E-state index contributed by atoms with van der Waals surface area (Å²) in [5.74, 6) is 0.0317. The van der Waals surface area contributed by atoms with Crippen LogP contribution in [-0.4, -0.2) is 70.0 Å². The standard InChI is InChI=1S/C39H43N7O3/c1-4-21-46(23-22-45(3)28-49-37(47)24-30-9-6-5-7-10-30)27-31-13-15-32(16-14-31)38(48)42-34-17-12-29(2)36(25-34)44-39-41-20-18-35(43-39)33-11-8-19-40-26-33/h5-20,25-26H,4,21-24,27-28H2,1-3H3,(H,42,48)(H,41,43,44). The first-order valence-corrected chi connectivity index (χ1v) is 16.5. The number of carbonyl (C=O) groups is 2. The van der Waals surface area contributed by atoms with Crippen LogP contribution in [0.4, 0.5) is 17.3 Å². The van der Waals surface area contributed by atoms with E-state index in [4.69, 9.17) is 4.74 Å². The van der Waals surface area contributed by atoms with Crippen LogP contribution in [0, 0.1) is 6.92 Å². The number of amides is 1. The number of pyridine rings is 1. The van der Waals surface area contributed by atoms with E-state index in [1.54, 1.807) is 18.6 Å². The number of esters is 1. The zero-order valence-electron chi connectivity index (χ0n) is 28.3. The van der Waals surface area contributed by atoms with Crippen LogP contribution in [0.1, 0.15) is 40.4 Å². The van der Waals surface area contributed by atoms with Gasteiger partial charge in [-0.1, -0.05) is 55.5 Å². The van der Waals surface area contributed by atoms with Gasteiger partial charge in [0.1, 0.15) is 6.73 Å². The molecule has 0 aliphatic rings. The van der Waals surface area contributed by atoms with Crippen LogP contribution >= 0.6 is 0 Å². The summed E-state index contributed by atoms with van der Waals surface area (Å²) in [4.78, 5) is 43.0. The van der Waals surface area contributed by atoms with Crippen molar-refractivity contribution < 1.29 is 14.3 Å². The summed E-state index contributed by atoms with van der Waals surface area (Å²) in [7, 11) is 1.95. The number of carbonyl (C=O) groups excluding carboxylic acids is 2. The molecule has 0 saturated heterocycles. The molecule has 0 aliphatic carbocycles. The van der Waals surface area contributed by atoms with E-state index in [0.29, 0.717) is 17.2 Å². The number of anilines is 3. The van der Waals surface area contributed by atoms with Gasteiger partial charge in [-0.15, -0.1) is 0 Å². The lowest BCUT2D eigenvalue weighted by atomic mass is 10.1. The first-order valence-electron chi connectivity index (χ1n) is 16.5. The number of aryl methyl sites for hydroxylation is 1. The van der Waals surface area contributed by atoms with E-state index in [2.05, 4.69) is 37.4 Å². The normalized spacial score (nSPS) is 11.0. The lowest BCUT2D eigenvalue weighted by molar-refractivity contribution is -0.147. The van der Waals surface area contributed by atoms with Crippen molar-refractivity contribution in [3.63, 3.8) is 0 Å². The largest absolute Gasteiger partial charge is 0.449 e. The number of ether oxygens (including phenoxy) is 1. The molecule has 2 N–H and O–H groups in total. The molecule has 0 unspecified atom stereocenters. The van der Waals surface area contributed by atoms with Gasteiger partial charge in [-0.05, 0) is 86.1 Å². The molecule has 1 amide bonds. The number of nitrogens with zero attached hydrogens (tertiary/aromatic N) is 5. The zero-order valence-corrected chi connectivity index (χ0v) is 28.3. The fourth-order valence-corrected chi connectivity index (χ4v) is 5.23. The fourth-order valence-electron chi connectivity index (χ4n) is 5.23. The monoisotopic (exact) mass is 657 g/mol. The van der Waals surface area contributed by atoms with Crippen molar-refractivity contribution in [2.75, 3.05) is 44.0 Å². The highest BCUT2D eigenvalue weighted by atomic mass is 16.5. The van der Waals surface area contributed by atoms with Gasteiger partial charge in [0, 0.05) is 60.7 Å². The maximum atomic E-state index is 13.2. The molecule has 3 aromatic carbocycles. The van der Waals surface area contributed by atoms with Crippen LogP contribution < -0.4 is 10.6 Å². The molecule has 5 rings (SSSR count). The summed E-state index contributed by atoms with van der Waals surface area (Å²) in [5.41, 5.74) is 6.75. The minimum atomic E-state index is -0.232. The molecule has 5 aromatic rings. The maximum absolute atomic E-state index is 13.2. The third kappa shape index (κ3) is 10.8. The van der Waals surface area contributed by atoms with Gasteiger partial charge >= 0.3 is 5.97 Å². The number of benzene rings is 3. The molecule has 49 heavy (non-hydrogen) atoms. The third-order valence-electron chi connectivity index (χ3n) is 7.95. The van der Waals surface area contributed by atoms with Crippen molar-refractivity contribution in [1.29, 1.82) is 0 Å². The predicted octanol–water partition coefficient (Wildman–Crippen LogP) is 6.73. The van der Waals surface area contributed by atoms with E-state index in [-0.39, 0.29) is 25.0 Å². The first kappa shape index (κ1) is 34.9. The number of hydrogen-bond donors (Lipinski definition) is 2. The lowest BCUT2D eigenvalue weighted by Gasteiger charge is -2.25. The minimum absolute atomic E-state index is 0.190. The maximum Gasteiger partial charge on any atom is 0.311 e. The molecule has 2 heterocycles. The smallest absolute Gasteiger partial charge is 0.311 e. The van der Waals surface area contributed by atoms with E-state index in [1.807, 2.05) is 110 Å². The third-order valence-corrected chi connectivity index (χ3v) is 7.95. The molecule has 0 saturated carbocycles. The molecular weight excluding hydrogens is 614 g/mol. The van der Waals surface area contributed by atoms with Crippen LogP contribution in [-0.2, 0) is 22.5 Å². The van der Waals surface area contributed by atoms with Crippen LogP contribution in [0.2, 0.25) is 0 Å². The molecule has 0 bridgehead atoms. The van der Waals surface area contributed by atoms with Gasteiger partial charge in [0.2, 0.25) is 5.95 Å². The second kappa shape index (κ2) is 17.6. The van der Waals surface area contributed by atoms with Crippen molar-refractivity contribution in [3.8, 4) is 11.3 Å². The van der Waals surface area contributed by atoms with Crippen molar-refractivity contribution >= 4 is 29.2 Å². The Hall–Kier alpha value is -5.45. The lowest BCUT2D eigenvalue weighted by Crippen LogP contribution is -2.35. The van der Waals surface area contributed by atoms with Crippen LogP contribution in [0.25, 0.3) is 11.3 Å². The predicted molar refractivity (Wildman–Crippen MR) is 193 cm³/mol. The topological polar surface area (TPSA) is 113 Å². The number of likely N-dealkylation sites (N-methyl/N-ethyl adjacent to an activating group) is 1. The Kier molecular flexibility index (Phi) is 12.5. The summed E-state index contributed by atoms with van der Waals surface area (Å²) in [5, 5.41) is 6.30. The van der Waals surface area contributed by atoms with Crippen molar-refractivity contribution in [2.45, 2.75) is 33.2 Å². The molecule has 10 heteroatoms. The second-order valence-corrected chi connectivity index (χ2v) is 12.0. The van der Waals surface area contributed by atoms with Crippen LogP contribution in [0.5, 0.6) is 0 Å². The molecule has 2 aromatic heterocycles. The number of rotatable bonds is 16. The Bertz CT molecular complexity index is 1800. The van der Waals surface area contributed by atoms with E-state index < -0.39 is 0 Å². The summed E-state index contributed by atoms with van der Waals surface area (Å²) >= 11 is 0. The van der Waals surface area contributed by atoms with E-state index >= 15 is 0 Å². The van der Waals surface area contributed by atoms with E-state index in [1.165, 1.54) is 0 Å². The van der Waals surface area contributed by atoms with E-state index in [9.17, 15) is 9.59 Å². The Morgan fingerprint density at radius 1 is 0.857 bits per heavy atom. The number of aromatic nitrogens is 3. The Balaban J connectivity index is 1.12. The van der Waals surface area contributed by atoms with Crippen LogP contribution in [0.3, 0.4) is 0 Å². The summed E-state index contributed by atoms with van der Waals surface area (Å²) in [6.07, 6.45) is 6.48. The highest BCUT2D eigenvalue weighted by molar-refractivity contribution is 6.04. The Labute approximate surface area is 288 Å². The Morgan fingerprint density at radius 3 is 2.43 bits per heavy atom. The van der Waals surface area contributed by atoms with Crippen molar-refractivity contribution in [3.05, 3.63) is 132 Å². The van der Waals surface area contributed by atoms with Gasteiger partial charge in [0.15, 0.2) is 0 Å². The highest BCUT2D eigenvalue weighted by Gasteiger charge is 2.12. The Morgan fingerprint density at radius 2 is 1.67 bits per heavy atom. The molecule has 0 aliphatic heterocycles. The highest BCUT2D eigenvalue weighted by Crippen LogP contribution is 2.25. The zero-order chi connectivity index (χ0) is 34.4. The van der Waals surface area contributed by atoms with Crippen molar-refractivity contribution in [2.24, 2.45) is 0 Å². The first-order chi connectivity index (χ1) is 23.9. The summed E-state index contributed by atoms with van der Waals surface area (Å²) in [6.45, 7) is 7.68. The second-order valence-electron chi connectivity index (χ2n) is 12.0. The van der Waals surface area contributed by atoms with Gasteiger partial charge in [-0.2, -0.15) is 0 Å². The molecule has 252 valence electrons. The van der Waals surface area contributed by atoms with Gasteiger partial charge in [0.05, 0.1) is 12.1 Å². The molecule has 0 atom stereocenters. The molecule has 10 nitrogen and oxygen atoms in total. The molecule has 0 fully saturated rings. The van der Waals surface area contributed by atoms with Gasteiger partial charge < -0.3 is 15.4 Å². The quantitative estimate of drug-likeness (QED) is 0.0881. The SMILES string of the molecule is CCCN(CCN(C)COC(=O)Cc1ccccc1)Cc1ccc(C(=O)Nc2ccc(C)c(Nc3nccc(-c4cccnc4)n3)c2)cc1.